The quantitative estimate of drug-likeness (QED) is 0.902. The molecule has 1 aliphatic rings. The van der Waals surface area contributed by atoms with E-state index < -0.39 is 0 Å². The van der Waals surface area contributed by atoms with Gasteiger partial charge < -0.3 is 9.72 Å². The topological polar surface area (TPSA) is 45.3 Å². The zero-order valence-electron chi connectivity index (χ0n) is 15.0. The number of aryl methyl sites for hydroxylation is 1. The van der Waals surface area contributed by atoms with Crippen LogP contribution in [-0.2, 0) is 6.54 Å². The van der Waals surface area contributed by atoms with E-state index in [-0.39, 0.29) is 5.43 Å². The van der Waals surface area contributed by atoms with Crippen LogP contribution in [0.15, 0.2) is 23.0 Å². The minimum Gasteiger partial charge on any atom is -0.497 e. The predicted octanol–water partition coefficient (Wildman–Crippen LogP) is 4.00. The second-order valence-corrected chi connectivity index (χ2v) is 6.82. The third kappa shape index (κ3) is 3.34. The summed E-state index contributed by atoms with van der Waals surface area (Å²) >= 11 is 0. The lowest BCUT2D eigenvalue weighted by molar-refractivity contribution is 0.155. The molecular weight excluding hydrogens is 300 g/mol. The molecule has 0 aliphatic heterocycles. The molecule has 2 aromatic rings. The molecule has 1 aromatic carbocycles. The molecule has 1 N–H and O–H groups in total. The summed E-state index contributed by atoms with van der Waals surface area (Å²) in [6.45, 7) is 5.92. The van der Waals surface area contributed by atoms with E-state index >= 15 is 0 Å². The molecule has 4 nitrogen and oxygen atoms in total. The highest BCUT2D eigenvalue weighted by molar-refractivity contribution is 5.81. The fourth-order valence-electron chi connectivity index (χ4n) is 3.90. The van der Waals surface area contributed by atoms with Gasteiger partial charge in [0.1, 0.15) is 5.75 Å². The first-order valence-electron chi connectivity index (χ1n) is 9.07. The molecule has 1 aromatic heterocycles. The van der Waals surface area contributed by atoms with Crippen LogP contribution in [0.2, 0.25) is 0 Å². The fraction of sp³-hybridized carbons (Fsp3) is 0.550. The third-order valence-electron chi connectivity index (χ3n) is 5.38. The predicted molar refractivity (Wildman–Crippen MR) is 98.8 cm³/mol. The molecule has 3 rings (SSSR count). The Morgan fingerprint density at radius 3 is 2.67 bits per heavy atom. The summed E-state index contributed by atoms with van der Waals surface area (Å²) in [6, 6.07) is 6.26. The van der Waals surface area contributed by atoms with Crippen LogP contribution in [0.5, 0.6) is 5.75 Å². The van der Waals surface area contributed by atoms with E-state index in [1.807, 2.05) is 25.1 Å². The molecule has 130 valence electrons. The normalized spacial score (nSPS) is 16.0. The van der Waals surface area contributed by atoms with Crippen molar-refractivity contribution < 1.29 is 4.74 Å². The van der Waals surface area contributed by atoms with Crippen LogP contribution in [0.25, 0.3) is 10.9 Å². The molecule has 24 heavy (non-hydrogen) atoms. The SMILES string of the molecule is CCN(Cc1c(C)[nH]c2ccc(OC)cc2c1=O)C1CCCCC1. The average Bonchev–Trinajstić information content (AvgIpc) is 2.62. The molecule has 0 bridgehead atoms. The number of pyridine rings is 1. The summed E-state index contributed by atoms with van der Waals surface area (Å²) < 4.78 is 5.28. The number of nitrogens with zero attached hydrogens (tertiary/aromatic N) is 1. The Kier molecular flexibility index (Phi) is 5.24. The van der Waals surface area contributed by atoms with Gasteiger partial charge in [-0.1, -0.05) is 26.2 Å². The van der Waals surface area contributed by atoms with Crippen molar-refractivity contribution in [1.29, 1.82) is 0 Å². The van der Waals surface area contributed by atoms with Gasteiger partial charge in [0.15, 0.2) is 5.43 Å². The largest absolute Gasteiger partial charge is 0.497 e. The zero-order chi connectivity index (χ0) is 17.1. The van der Waals surface area contributed by atoms with Crippen molar-refractivity contribution in [3.05, 3.63) is 39.7 Å². The van der Waals surface area contributed by atoms with E-state index in [9.17, 15) is 4.79 Å². The summed E-state index contributed by atoms with van der Waals surface area (Å²) in [4.78, 5) is 18.9. The number of ether oxygens (including phenoxy) is 1. The number of hydrogen-bond donors (Lipinski definition) is 1. The van der Waals surface area contributed by atoms with Crippen LogP contribution in [0, 0.1) is 6.92 Å². The van der Waals surface area contributed by atoms with Gasteiger partial charge in [0.2, 0.25) is 0 Å². The van der Waals surface area contributed by atoms with Crippen LogP contribution in [-0.4, -0.2) is 29.6 Å². The molecule has 0 spiro atoms. The molecule has 4 heteroatoms. The Labute approximate surface area is 143 Å². The van der Waals surface area contributed by atoms with Crippen molar-refractivity contribution >= 4 is 10.9 Å². The zero-order valence-corrected chi connectivity index (χ0v) is 15.0. The van der Waals surface area contributed by atoms with Crippen LogP contribution in [0.4, 0.5) is 0 Å². The number of methoxy groups -OCH3 is 1. The number of fused-ring (bicyclic) bond motifs is 1. The van der Waals surface area contributed by atoms with Gasteiger partial charge in [0.25, 0.3) is 0 Å². The van der Waals surface area contributed by atoms with Crippen molar-refractivity contribution in [2.24, 2.45) is 0 Å². The molecule has 1 heterocycles. The summed E-state index contributed by atoms with van der Waals surface area (Å²) in [7, 11) is 1.63. The number of H-pyrrole nitrogens is 1. The van der Waals surface area contributed by atoms with Gasteiger partial charge in [0, 0.05) is 34.7 Å². The van der Waals surface area contributed by atoms with E-state index in [0.29, 0.717) is 6.04 Å². The number of rotatable bonds is 5. The second kappa shape index (κ2) is 7.39. The van der Waals surface area contributed by atoms with Crippen LogP contribution in [0.1, 0.15) is 50.3 Å². The first-order valence-corrected chi connectivity index (χ1v) is 9.07. The Bertz CT molecular complexity index is 760. The summed E-state index contributed by atoms with van der Waals surface area (Å²) in [5.74, 6) is 0.724. The molecule has 1 aliphatic carbocycles. The van der Waals surface area contributed by atoms with Gasteiger partial charge in [0.05, 0.1) is 7.11 Å². The van der Waals surface area contributed by atoms with Crippen molar-refractivity contribution in [3.8, 4) is 5.75 Å². The van der Waals surface area contributed by atoms with Gasteiger partial charge in [-0.15, -0.1) is 0 Å². The lowest BCUT2D eigenvalue weighted by Gasteiger charge is -2.33. The van der Waals surface area contributed by atoms with Crippen LogP contribution in [0.3, 0.4) is 0 Å². The maximum absolute atomic E-state index is 13.0. The fourth-order valence-corrected chi connectivity index (χ4v) is 3.90. The highest BCUT2D eigenvalue weighted by Gasteiger charge is 2.22. The molecule has 0 saturated heterocycles. The number of aromatic amines is 1. The van der Waals surface area contributed by atoms with Gasteiger partial charge in [-0.05, 0) is 44.5 Å². The molecule has 0 atom stereocenters. The second-order valence-electron chi connectivity index (χ2n) is 6.82. The highest BCUT2D eigenvalue weighted by atomic mass is 16.5. The number of nitrogens with one attached hydrogen (secondary N) is 1. The first kappa shape index (κ1) is 17.0. The Hall–Kier alpha value is -1.81. The average molecular weight is 328 g/mol. The maximum Gasteiger partial charge on any atom is 0.194 e. The minimum absolute atomic E-state index is 0.134. The monoisotopic (exact) mass is 328 g/mol. The van der Waals surface area contributed by atoms with E-state index in [1.165, 1.54) is 32.1 Å². The van der Waals surface area contributed by atoms with Crippen molar-refractivity contribution in [1.82, 2.24) is 9.88 Å². The van der Waals surface area contributed by atoms with E-state index in [0.717, 1.165) is 41.0 Å². The van der Waals surface area contributed by atoms with Crippen molar-refractivity contribution in [2.75, 3.05) is 13.7 Å². The van der Waals surface area contributed by atoms with Crippen LogP contribution >= 0.6 is 0 Å². The molecule has 1 saturated carbocycles. The first-order chi connectivity index (χ1) is 11.6. The smallest absolute Gasteiger partial charge is 0.194 e. The highest BCUT2D eigenvalue weighted by Crippen LogP contribution is 2.24. The van der Waals surface area contributed by atoms with Gasteiger partial charge in [-0.3, -0.25) is 9.69 Å². The van der Waals surface area contributed by atoms with E-state index in [2.05, 4.69) is 16.8 Å². The maximum atomic E-state index is 13.0. The Balaban J connectivity index is 1.96. The van der Waals surface area contributed by atoms with E-state index in [1.54, 1.807) is 7.11 Å². The van der Waals surface area contributed by atoms with E-state index in [4.69, 9.17) is 4.74 Å². The summed E-state index contributed by atoms with van der Waals surface area (Å²) in [5.41, 5.74) is 2.88. The van der Waals surface area contributed by atoms with Crippen molar-refractivity contribution in [3.63, 3.8) is 0 Å². The molecule has 0 amide bonds. The lowest BCUT2D eigenvalue weighted by atomic mass is 9.93. The lowest BCUT2D eigenvalue weighted by Crippen LogP contribution is -2.37. The van der Waals surface area contributed by atoms with Crippen molar-refractivity contribution in [2.45, 2.75) is 58.5 Å². The molecule has 0 unspecified atom stereocenters. The summed E-state index contributed by atoms with van der Waals surface area (Å²) in [5, 5.41) is 0.717. The molecular formula is C20H28N2O2. The number of hydrogen-bond acceptors (Lipinski definition) is 3. The van der Waals surface area contributed by atoms with Gasteiger partial charge in [-0.2, -0.15) is 0 Å². The Morgan fingerprint density at radius 1 is 1.25 bits per heavy atom. The number of aromatic nitrogens is 1. The van der Waals surface area contributed by atoms with Gasteiger partial charge in [-0.25, -0.2) is 0 Å². The third-order valence-corrected chi connectivity index (χ3v) is 5.38. The standard InChI is InChI=1S/C20H28N2O2/c1-4-22(15-8-6-5-7-9-15)13-18-14(2)21-19-11-10-16(24-3)12-17(19)20(18)23/h10-12,15H,4-9,13H2,1-3H3,(H,21,23). The van der Waals surface area contributed by atoms with Gasteiger partial charge >= 0.3 is 0 Å². The summed E-state index contributed by atoms with van der Waals surface area (Å²) in [6.07, 6.45) is 6.48. The Morgan fingerprint density at radius 2 is 2.00 bits per heavy atom. The molecule has 1 fully saturated rings. The molecule has 0 radical (unpaired) electrons. The number of benzene rings is 1. The van der Waals surface area contributed by atoms with Crippen LogP contribution < -0.4 is 10.2 Å². The minimum atomic E-state index is 0.134.